The molecule has 0 fully saturated rings. The van der Waals surface area contributed by atoms with Crippen molar-refractivity contribution >= 4 is 23.6 Å². The Labute approximate surface area is 145 Å². The lowest BCUT2D eigenvalue weighted by Gasteiger charge is -2.18. The van der Waals surface area contributed by atoms with Crippen molar-refractivity contribution in [2.24, 2.45) is 0 Å². The van der Waals surface area contributed by atoms with Crippen LogP contribution in [-0.2, 0) is 4.79 Å². The van der Waals surface area contributed by atoms with Gasteiger partial charge in [-0.2, -0.15) is 0 Å². The zero-order valence-electron chi connectivity index (χ0n) is 13.4. The lowest BCUT2D eigenvalue weighted by molar-refractivity contribution is -0.113. The number of terminal acetylenes is 1. The minimum absolute atomic E-state index is 0.122. The van der Waals surface area contributed by atoms with Crippen LogP contribution in [0.2, 0.25) is 0 Å². The number of carbonyl (C=O) groups excluding carboxylic acids is 2. The molecule has 5 heteroatoms. The number of anilines is 1. The van der Waals surface area contributed by atoms with Crippen molar-refractivity contribution in [2.75, 3.05) is 18.5 Å². The summed E-state index contributed by atoms with van der Waals surface area (Å²) in [5.41, 5.74) is 2.10. The molecular formula is C20H16N2O3. The SMILES string of the molecule is C#CCNC(=O)c1ccccc1NC(=O)C1=Cc2ccccc2OC1. The molecule has 2 aromatic carbocycles. The van der Waals surface area contributed by atoms with Crippen molar-refractivity contribution < 1.29 is 14.3 Å². The Bertz CT molecular complexity index is 894. The second-order valence-corrected chi connectivity index (χ2v) is 5.38. The molecule has 0 aliphatic carbocycles. The highest BCUT2D eigenvalue weighted by atomic mass is 16.5. The third-order valence-corrected chi connectivity index (χ3v) is 3.69. The Balaban J connectivity index is 1.80. The van der Waals surface area contributed by atoms with Gasteiger partial charge in [-0.1, -0.05) is 36.3 Å². The van der Waals surface area contributed by atoms with Crippen molar-refractivity contribution in [2.45, 2.75) is 0 Å². The van der Waals surface area contributed by atoms with E-state index in [1.54, 1.807) is 30.3 Å². The number of hydrogen-bond acceptors (Lipinski definition) is 3. The zero-order valence-corrected chi connectivity index (χ0v) is 13.4. The van der Waals surface area contributed by atoms with Gasteiger partial charge in [0.05, 0.1) is 23.4 Å². The lowest BCUT2D eigenvalue weighted by Crippen LogP contribution is -2.26. The van der Waals surface area contributed by atoms with Gasteiger partial charge in [0.15, 0.2) is 0 Å². The molecule has 2 amide bonds. The van der Waals surface area contributed by atoms with E-state index in [2.05, 4.69) is 16.6 Å². The molecule has 0 aromatic heterocycles. The average Bonchev–Trinajstić information content (AvgIpc) is 2.66. The third kappa shape index (κ3) is 3.70. The molecule has 1 aliphatic heterocycles. The molecule has 0 saturated carbocycles. The normalized spacial score (nSPS) is 12.0. The Morgan fingerprint density at radius 1 is 1.08 bits per heavy atom. The van der Waals surface area contributed by atoms with Crippen molar-refractivity contribution in [1.29, 1.82) is 0 Å². The van der Waals surface area contributed by atoms with Crippen LogP contribution in [0.25, 0.3) is 6.08 Å². The smallest absolute Gasteiger partial charge is 0.255 e. The summed E-state index contributed by atoms with van der Waals surface area (Å²) in [6.45, 7) is 0.297. The molecule has 3 rings (SSSR count). The molecule has 0 bridgehead atoms. The molecule has 1 aliphatic rings. The average molecular weight is 332 g/mol. The fourth-order valence-electron chi connectivity index (χ4n) is 2.47. The number of carbonyl (C=O) groups is 2. The Morgan fingerprint density at radius 3 is 2.68 bits per heavy atom. The van der Waals surface area contributed by atoms with Gasteiger partial charge in [-0.25, -0.2) is 0 Å². The summed E-state index contributed by atoms with van der Waals surface area (Å²) in [5.74, 6) is 2.44. The predicted molar refractivity (Wildman–Crippen MR) is 96.2 cm³/mol. The Morgan fingerprint density at radius 2 is 1.84 bits per heavy atom. The second kappa shape index (κ2) is 7.37. The molecule has 0 spiro atoms. The molecule has 25 heavy (non-hydrogen) atoms. The van der Waals surface area contributed by atoms with Crippen LogP contribution in [0.1, 0.15) is 15.9 Å². The van der Waals surface area contributed by atoms with Crippen LogP contribution in [0.5, 0.6) is 5.75 Å². The fraction of sp³-hybridized carbons (Fsp3) is 0.100. The van der Waals surface area contributed by atoms with Gasteiger partial charge in [0.1, 0.15) is 12.4 Å². The molecular weight excluding hydrogens is 316 g/mol. The minimum Gasteiger partial charge on any atom is -0.488 e. The lowest BCUT2D eigenvalue weighted by atomic mass is 10.1. The topological polar surface area (TPSA) is 67.4 Å². The summed E-state index contributed by atoms with van der Waals surface area (Å²) >= 11 is 0. The fourth-order valence-corrected chi connectivity index (χ4v) is 2.47. The molecule has 124 valence electrons. The number of fused-ring (bicyclic) bond motifs is 1. The highest BCUT2D eigenvalue weighted by Gasteiger charge is 2.19. The van der Waals surface area contributed by atoms with E-state index in [0.29, 0.717) is 16.8 Å². The van der Waals surface area contributed by atoms with E-state index in [1.165, 1.54) is 0 Å². The van der Waals surface area contributed by atoms with Crippen LogP contribution < -0.4 is 15.4 Å². The first-order valence-corrected chi connectivity index (χ1v) is 7.73. The van der Waals surface area contributed by atoms with Crippen LogP contribution in [0.4, 0.5) is 5.69 Å². The van der Waals surface area contributed by atoms with E-state index in [1.807, 2.05) is 24.3 Å². The number of rotatable bonds is 4. The highest BCUT2D eigenvalue weighted by molar-refractivity contribution is 6.11. The third-order valence-electron chi connectivity index (χ3n) is 3.69. The van der Waals surface area contributed by atoms with E-state index in [9.17, 15) is 9.59 Å². The molecule has 1 heterocycles. The molecule has 0 unspecified atom stereocenters. The molecule has 0 saturated heterocycles. The van der Waals surface area contributed by atoms with E-state index < -0.39 is 0 Å². The number of hydrogen-bond donors (Lipinski definition) is 2. The first kappa shape index (κ1) is 16.3. The maximum absolute atomic E-state index is 12.5. The standard InChI is InChI=1S/C20H16N2O3/c1-2-11-21-20(24)16-8-4-5-9-17(16)22-19(23)15-12-14-7-3-6-10-18(14)25-13-15/h1,3-10,12H,11,13H2,(H,21,24)(H,22,23). The van der Waals surface area contributed by atoms with Gasteiger partial charge in [0.25, 0.3) is 11.8 Å². The Kier molecular flexibility index (Phi) is 4.82. The van der Waals surface area contributed by atoms with Crippen molar-refractivity contribution in [3.05, 3.63) is 65.2 Å². The van der Waals surface area contributed by atoms with Crippen LogP contribution in [-0.4, -0.2) is 25.0 Å². The van der Waals surface area contributed by atoms with Crippen LogP contribution in [0.3, 0.4) is 0 Å². The highest BCUT2D eigenvalue weighted by Crippen LogP contribution is 2.26. The molecule has 2 aromatic rings. The van der Waals surface area contributed by atoms with Gasteiger partial charge in [-0.3, -0.25) is 9.59 Å². The summed E-state index contributed by atoms with van der Waals surface area (Å²) in [6.07, 6.45) is 6.94. The summed E-state index contributed by atoms with van der Waals surface area (Å²) in [4.78, 5) is 24.7. The number of benzene rings is 2. The maximum atomic E-state index is 12.5. The van der Waals surface area contributed by atoms with Crippen LogP contribution >= 0.6 is 0 Å². The van der Waals surface area contributed by atoms with E-state index >= 15 is 0 Å². The summed E-state index contributed by atoms with van der Waals surface area (Å²) in [7, 11) is 0. The van der Waals surface area contributed by atoms with Gasteiger partial charge < -0.3 is 15.4 Å². The number of amides is 2. The van der Waals surface area contributed by atoms with Gasteiger partial charge in [-0.05, 0) is 24.3 Å². The quantitative estimate of drug-likeness (QED) is 0.845. The molecule has 2 N–H and O–H groups in total. The van der Waals surface area contributed by atoms with E-state index in [-0.39, 0.29) is 25.0 Å². The number of para-hydroxylation sites is 2. The van der Waals surface area contributed by atoms with Gasteiger partial charge in [-0.15, -0.1) is 6.42 Å². The van der Waals surface area contributed by atoms with Gasteiger partial charge in [0.2, 0.25) is 0 Å². The van der Waals surface area contributed by atoms with E-state index in [0.717, 1.165) is 11.3 Å². The monoisotopic (exact) mass is 332 g/mol. The predicted octanol–water partition coefficient (Wildman–Crippen LogP) is 2.46. The largest absolute Gasteiger partial charge is 0.488 e. The maximum Gasteiger partial charge on any atom is 0.255 e. The second-order valence-electron chi connectivity index (χ2n) is 5.38. The zero-order chi connectivity index (χ0) is 17.6. The first-order chi connectivity index (χ1) is 12.2. The van der Waals surface area contributed by atoms with Gasteiger partial charge >= 0.3 is 0 Å². The number of ether oxygens (including phenoxy) is 1. The molecule has 5 nitrogen and oxygen atoms in total. The van der Waals surface area contributed by atoms with E-state index in [4.69, 9.17) is 11.2 Å². The summed E-state index contributed by atoms with van der Waals surface area (Å²) in [5, 5.41) is 5.36. The van der Waals surface area contributed by atoms with Crippen molar-refractivity contribution in [3.63, 3.8) is 0 Å². The number of nitrogens with one attached hydrogen (secondary N) is 2. The van der Waals surface area contributed by atoms with Crippen molar-refractivity contribution in [3.8, 4) is 18.1 Å². The summed E-state index contributed by atoms with van der Waals surface area (Å²) in [6, 6.07) is 14.2. The van der Waals surface area contributed by atoms with Crippen molar-refractivity contribution in [1.82, 2.24) is 5.32 Å². The van der Waals surface area contributed by atoms with Crippen LogP contribution in [0, 0.1) is 12.3 Å². The van der Waals surface area contributed by atoms with Crippen LogP contribution in [0.15, 0.2) is 54.1 Å². The minimum atomic E-state index is -0.340. The molecule has 0 radical (unpaired) electrons. The Hall–Kier alpha value is -3.52. The van der Waals surface area contributed by atoms with Gasteiger partial charge in [0, 0.05) is 5.56 Å². The molecule has 0 atom stereocenters. The summed E-state index contributed by atoms with van der Waals surface area (Å²) < 4.78 is 5.60. The first-order valence-electron chi connectivity index (χ1n) is 7.73.